The number of piperidine rings is 1. The van der Waals surface area contributed by atoms with E-state index >= 15 is 0 Å². The van der Waals surface area contributed by atoms with Crippen molar-refractivity contribution < 1.29 is 9.53 Å². The van der Waals surface area contributed by atoms with Gasteiger partial charge in [-0.15, -0.1) is 0 Å². The second kappa shape index (κ2) is 6.53. The van der Waals surface area contributed by atoms with Crippen LogP contribution in [0.25, 0.3) is 0 Å². The SMILES string of the molecule is CCOC(=O)C(C)N(CC1CCCCN1)C1CC1. The summed E-state index contributed by atoms with van der Waals surface area (Å²) in [4.78, 5) is 14.2. The van der Waals surface area contributed by atoms with Crippen LogP contribution in [0.2, 0.25) is 0 Å². The fourth-order valence-electron chi connectivity index (χ4n) is 2.76. The Hall–Kier alpha value is -0.610. The van der Waals surface area contributed by atoms with Crippen LogP contribution in [0.15, 0.2) is 0 Å². The van der Waals surface area contributed by atoms with Crippen molar-refractivity contribution in [2.45, 2.75) is 64.1 Å². The molecule has 1 heterocycles. The van der Waals surface area contributed by atoms with E-state index in [0.717, 1.165) is 13.1 Å². The largest absolute Gasteiger partial charge is 0.465 e. The van der Waals surface area contributed by atoms with Gasteiger partial charge in [0.25, 0.3) is 0 Å². The van der Waals surface area contributed by atoms with Crippen molar-refractivity contribution in [3.63, 3.8) is 0 Å². The average Bonchev–Trinajstić information content (AvgIpc) is 3.21. The highest BCUT2D eigenvalue weighted by Gasteiger charge is 2.36. The van der Waals surface area contributed by atoms with E-state index in [-0.39, 0.29) is 12.0 Å². The Labute approximate surface area is 110 Å². The molecule has 0 aromatic heterocycles. The summed E-state index contributed by atoms with van der Waals surface area (Å²) in [6.45, 7) is 6.44. The Balaban J connectivity index is 1.88. The molecule has 2 fully saturated rings. The lowest BCUT2D eigenvalue weighted by atomic mass is 10.0. The molecule has 18 heavy (non-hydrogen) atoms. The van der Waals surface area contributed by atoms with Gasteiger partial charge in [-0.2, -0.15) is 0 Å². The third kappa shape index (κ3) is 3.69. The number of esters is 1. The Bertz CT molecular complexity index is 273. The molecular weight excluding hydrogens is 228 g/mol. The lowest BCUT2D eigenvalue weighted by Gasteiger charge is -2.33. The zero-order valence-electron chi connectivity index (χ0n) is 11.7. The van der Waals surface area contributed by atoms with E-state index in [4.69, 9.17) is 4.74 Å². The fourth-order valence-corrected chi connectivity index (χ4v) is 2.76. The second-order valence-corrected chi connectivity index (χ2v) is 5.50. The predicted molar refractivity (Wildman–Crippen MR) is 71.5 cm³/mol. The lowest BCUT2D eigenvalue weighted by Crippen LogP contribution is -2.50. The molecule has 0 spiro atoms. The van der Waals surface area contributed by atoms with Crippen LogP contribution in [0.1, 0.15) is 46.0 Å². The molecule has 2 unspecified atom stereocenters. The molecule has 4 nitrogen and oxygen atoms in total. The van der Waals surface area contributed by atoms with Gasteiger partial charge in [-0.25, -0.2) is 0 Å². The summed E-state index contributed by atoms with van der Waals surface area (Å²) in [5.41, 5.74) is 0. The Kier molecular flexibility index (Phi) is 5.01. The number of hydrogen-bond donors (Lipinski definition) is 1. The first kappa shape index (κ1) is 13.8. The molecule has 1 saturated heterocycles. The van der Waals surface area contributed by atoms with E-state index < -0.39 is 0 Å². The maximum absolute atomic E-state index is 11.9. The van der Waals surface area contributed by atoms with Crippen LogP contribution in [-0.2, 0) is 9.53 Å². The molecule has 1 aliphatic heterocycles. The van der Waals surface area contributed by atoms with Crippen molar-refractivity contribution in [3.05, 3.63) is 0 Å². The third-order valence-electron chi connectivity index (χ3n) is 3.98. The normalized spacial score (nSPS) is 26.1. The molecule has 0 radical (unpaired) electrons. The lowest BCUT2D eigenvalue weighted by molar-refractivity contribution is -0.149. The first-order valence-electron chi connectivity index (χ1n) is 7.38. The molecule has 2 rings (SSSR count). The second-order valence-electron chi connectivity index (χ2n) is 5.50. The van der Waals surface area contributed by atoms with Gasteiger partial charge >= 0.3 is 5.97 Å². The highest BCUT2D eigenvalue weighted by atomic mass is 16.5. The summed E-state index contributed by atoms with van der Waals surface area (Å²) in [6.07, 6.45) is 6.29. The number of nitrogens with one attached hydrogen (secondary N) is 1. The predicted octanol–water partition coefficient (Wildman–Crippen LogP) is 1.54. The number of ether oxygens (including phenoxy) is 1. The Morgan fingerprint density at radius 1 is 1.39 bits per heavy atom. The van der Waals surface area contributed by atoms with Crippen molar-refractivity contribution in [1.29, 1.82) is 0 Å². The topological polar surface area (TPSA) is 41.6 Å². The number of carbonyl (C=O) groups excluding carboxylic acids is 1. The van der Waals surface area contributed by atoms with Crippen LogP contribution >= 0.6 is 0 Å². The van der Waals surface area contributed by atoms with Crippen LogP contribution in [0, 0.1) is 0 Å². The van der Waals surface area contributed by atoms with Gasteiger partial charge in [0.05, 0.1) is 6.61 Å². The minimum absolute atomic E-state index is 0.0693. The molecular formula is C14H26N2O2. The Morgan fingerprint density at radius 2 is 2.17 bits per heavy atom. The fraction of sp³-hybridized carbons (Fsp3) is 0.929. The van der Waals surface area contributed by atoms with E-state index in [1.165, 1.54) is 32.1 Å². The number of nitrogens with zero attached hydrogens (tertiary/aromatic N) is 1. The van der Waals surface area contributed by atoms with E-state index in [1.54, 1.807) is 0 Å². The first-order chi connectivity index (χ1) is 8.72. The number of rotatable bonds is 6. The first-order valence-corrected chi connectivity index (χ1v) is 7.38. The third-order valence-corrected chi connectivity index (χ3v) is 3.98. The maximum Gasteiger partial charge on any atom is 0.323 e. The monoisotopic (exact) mass is 254 g/mol. The summed E-state index contributed by atoms with van der Waals surface area (Å²) >= 11 is 0. The van der Waals surface area contributed by atoms with Gasteiger partial charge in [0.2, 0.25) is 0 Å². The van der Waals surface area contributed by atoms with Crippen molar-refractivity contribution in [2.24, 2.45) is 0 Å². The van der Waals surface area contributed by atoms with E-state index in [1.807, 2.05) is 13.8 Å². The van der Waals surface area contributed by atoms with Crippen molar-refractivity contribution in [2.75, 3.05) is 19.7 Å². The van der Waals surface area contributed by atoms with Gasteiger partial charge in [-0.1, -0.05) is 6.42 Å². The van der Waals surface area contributed by atoms with Crippen LogP contribution in [-0.4, -0.2) is 48.7 Å². The molecule has 1 aliphatic carbocycles. The molecule has 1 N–H and O–H groups in total. The molecule has 0 aromatic rings. The van der Waals surface area contributed by atoms with Gasteiger partial charge in [0.1, 0.15) is 6.04 Å². The molecule has 4 heteroatoms. The standard InChI is InChI=1S/C14H26N2O2/c1-3-18-14(17)11(2)16(13-7-8-13)10-12-6-4-5-9-15-12/h11-13,15H,3-10H2,1-2H3. The maximum atomic E-state index is 11.9. The highest BCUT2D eigenvalue weighted by Crippen LogP contribution is 2.29. The van der Waals surface area contributed by atoms with Gasteiger partial charge < -0.3 is 10.1 Å². The van der Waals surface area contributed by atoms with Gasteiger partial charge in [-0.05, 0) is 46.1 Å². The van der Waals surface area contributed by atoms with Gasteiger partial charge in [0.15, 0.2) is 0 Å². The van der Waals surface area contributed by atoms with Crippen LogP contribution in [0.3, 0.4) is 0 Å². The van der Waals surface area contributed by atoms with Crippen molar-refractivity contribution in [1.82, 2.24) is 10.2 Å². The molecule has 0 aromatic carbocycles. The zero-order chi connectivity index (χ0) is 13.0. The molecule has 0 amide bonds. The van der Waals surface area contributed by atoms with E-state index in [9.17, 15) is 4.79 Å². The molecule has 0 bridgehead atoms. The Morgan fingerprint density at radius 3 is 2.72 bits per heavy atom. The number of carbonyl (C=O) groups is 1. The summed E-state index contributed by atoms with van der Waals surface area (Å²) in [7, 11) is 0. The molecule has 2 aliphatic rings. The molecule has 2 atom stereocenters. The van der Waals surface area contributed by atoms with Crippen LogP contribution in [0.5, 0.6) is 0 Å². The minimum Gasteiger partial charge on any atom is -0.465 e. The van der Waals surface area contributed by atoms with Gasteiger partial charge in [0, 0.05) is 18.6 Å². The number of hydrogen-bond acceptors (Lipinski definition) is 4. The van der Waals surface area contributed by atoms with Gasteiger partial charge in [-0.3, -0.25) is 9.69 Å². The highest BCUT2D eigenvalue weighted by molar-refractivity contribution is 5.75. The van der Waals surface area contributed by atoms with Crippen LogP contribution in [0.4, 0.5) is 0 Å². The summed E-state index contributed by atoms with van der Waals surface area (Å²) in [5.74, 6) is -0.0693. The summed E-state index contributed by atoms with van der Waals surface area (Å²) < 4.78 is 5.15. The molecule has 1 saturated carbocycles. The molecule has 104 valence electrons. The van der Waals surface area contributed by atoms with Crippen molar-refractivity contribution >= 4 is 5.97 Å². The minimum atomic E-state index is -0.0961. The smallest absolute Gasteiger partial charge is 0.323 e. The zero-order valence-corrected chi connectivity index (χ0v) is 11.7. The van der Waals surface area contributed by atoms with Crippen LogP contribution < -0.4 is 5.32 Å². The van der Waals surface area contributed by atoms with E-state index in [2.05, 4.69) is 10.2 Å². The summed E-state index contributed by atoms with van der Waals surface area (Å²) in [5, 5.41) is 3.56. The quantitative estimate of drug-likeness (QED) is 0.730. The summed E-state index contributed by atoms with van der Waals surface area (Å²) in [6, 6.07) is 1.06. The average molecular weight is 254 g/mol. The van der Waals surface area contributed by atoms with E-state index in [0.29, 0.717) is 18.7 Å². The van der Waals surface area contributed by atoms with Crippen molar-refractivity contribution in [3.8, 4) is 0 Å².